The summed E-state index contributed by atoms with van der Waals surface area (Å²) in [6, 6.07) is 12.8. The quantitative estimate of drug-likeness (QED) is 0.562. The lowest BCUT2D eigenvalue weighted by Gasteiger charge is -2.02. The second-order valence-electron chi connectivity index (χ2n) is 5.89. The van der Waals surface area contributed by atoms with Gasteiger partial charge in [-0.05, 0) is 43.7 Å². The minimum absolute atomic E-state index is 0.228. The van der Waals surface area contributed by atoms with E-state index in [1.807, 2.05) is 0 Å². The van der Waals surface area contributed by atoms with Crippen molar-refractivity contribution in [2.24, 2.45) is 0 Å². The van der Waals surface area contributed by atoms with Gasteiger partial charge in [-0.1, -0.05) is 40.7 Å². The van der Waals surface area contributed by atoms with Gasteiger partial charge >= 0.3 is 0 Å². The number of rotatable bonds is 3. The van der Waals surface area contributed by atoms with Gasteiger partial charge in [-0.2, -0.15) is 9.61 Å². The molecule has 0 fully saturated rings. The molecule has 0 saturated heterocycles. The third-order valence-corrected chi connectivity index (χ3v) is 4.68. The van der Waals surface area contributed by atoms with Crippen molar-refractivity contribution in [3.63, 3.8) is 0 Å². The van der Waals surface area contributed by atoms with Crippen LogP contribution < -0.4 is 0 Å². The van der Waals surface area contributed by atoms with Gasteiger partial charge in [0.2, 0.25) is 4.96 Å². The molecule has 0 spiro atoms. The van der Waals surface area contributed by atoms with Crippen LogP contribution in [0.25, 0.3) is 16.3 Å². The zero-order valence-corrected chi connectivity index (χ0v) is 14.1. The molecule has 0 radical (unpaired) electrons. The van der Waals surface area contributed by atoms with Crippen LogP contribution in [0, 0.1) is 19.7 Å². The molecule has 0 unspecified atom stereocenters. The first-order chi connectivity index (χ1) is 11.6. The summed E-state index contributed by atoms with van der Waals surface area (Å²) < 4.78 is 14.8. The van der Waals surface area contributed by atoms with Gasteiger partial charge < -0.3 is 0 Å². The number of halogens is 1. The summed E-state index contributed by atoms with van der Waals surface area (Å²) in [5.41, 5.74) is 4.40. The molecule has 24 heavy (non-hydrogen) atoms. The van der Waals surface area contributed by atoms with E-state index in [1.54, 1.807) is 16.6 Å². The van der Waals surface area contributed by atoms with E-state index >= 15 is 0 Å². The number of hydrogen-bond acceptors (Lipinski definition) is 4. The maximum atomic E-state index is 13.0. The average molecular weight is 338 g/mol. The monoisotopic (exact) mass is 338 g/mol. The fraction of sp³-hybridized carbons (Fsp3) is 0.167. The number of benzene rings is 2. The van der Waals surface area contributed by atoms with Crippen molar-refractivity contribution in [3.8, 4) is 11.4 Å². The number of aryl methyl sites for hydroxylation is 2. The summed E-state index contributed by atoms with van der Waals surface area (Å²) in [5.74, 6) is 0.521. The van der Waals surface area contributed by atoms with E-state index in [-0.39, 0.29) is 5.82 Å². The summed E-state index contributed by atoms with van der Waals surface area (Å²) in [5, 5.41) is 14.1. The number of nitrogens with zero attached hydrogens (tertiary/aromatic N) is 4. The smallest absolute Gasteiger partial charge is 0.207 e. The number of fused-ring (bicyclic) bond motifs is 1. The maximum absolute atomic E-state index is 13.0. The summed E-state index contributed by atoms with van der Waals surface area (Å²) in [6.45, 7) is 4.13. The third-order valence-electron chi connectivity index (χ3n) is 3.78. The molecule has 4 nitrogen and oxygen atoms in total. The Kier molecular flexibility index (Phi) is 3.61. The van der Waals surface area contributed by atoms with Gasteiger partial charge in [0.25, 0.3) is 0 Å². The van der Waals surface area contributed by atoms with Gasteiger partial charge in [0.05, 0.1) is 0 Å². The van der Waals surface area contributed by atoms with Gasteiger partial charge in [0.15, 0.2) is 5.82 Å². The number of hydrogen-bond donors (Lipinski definition) is 0. The topological polar surface area (TPSA) is 43.1 Å². The van der Waals surface area contributed by atoms with Crippen LogP contribution in [0.3, 0.4) is 0 Å². The number of aromatic nitrogens is 4. The van der Waals surface area contributed by atoms with E-state index in [1.165, 1.54) is 34.6 Å². The fourth-order valence-electron chi connectivity index (χ4n) is 2.79. The van der Waals surface area contributed by atoms with Crippen molar-refractivity contribution in [1.82, 2.24) is 19.8 Å². The molecule has 0 atom stereocenters. The average Bonchev–Trinajstić information content (AvgIpc) is 3.08. The molecule has 0 amide bonds. The molecule has 0 aliphatic carbocycles. The highest BCUT2D eigenvalue weighted by atomic mass is 32.1. The molecule has 0 aliphatic heterocycles. The fourth-order valence-corrected chi connectivity index (χ4v) is 3.66. The van der Waals surface area contributed by atoms with Crippen molar-refractivity contribution >= 4 is 16.3 Å². The molecule has 4 aromatic rings. The molecule has 120 valence electrons. The highest BCUT2D eigenvalue weighted by Gasteiger charge is 2.14. The Balaban J connectivity index is 1.71. The summed E-state index contributed by atoms with van der Waals surface area (Å²) in [7, 11) is 0. The second kappa shape index (κ2) is 5.79. The van der Waals surface area contributed by atoms with E-state index in [9.17, 15) is 4.39 Å². The highest BCUT2D eigenvalue weighted by molar-refractivity contribution is 7.16. The molecule has 2 aromatic heterocycles. The SMILES string of the molecule is Cc1cc(C)cc(-c2nnc3sc(Cc4ccc(F)cc4)nn23)c1. The zero-order valence-electron chi connectivity index (χ0n) is 13.3. The first kappa shape index (κ1) is 15.0. The van der Waals surface area contributed by atoms with Crippen LogP contribution in [0.5, 0.6) is 0 Å². The van der Waals surface area contributed by atoms with Gasteiger partial charge in [0.1, 0.15) is 10.8 Å². The lowest BCUT2D eigenvalue weighted by atomic mass is 10.1. The molecular weight excluding hydrogens is 323 g/mol. The first-order valence-electron chi connectivity index (χ1n) is 7.63. The van der Waals surface area contributed by atoms with E-state index in [2.05, 4.69) is 47.3 Å². The van der Waals surface area contributed by atoms with Crippen molar-refractivity contribution in [2.45, 2.75) is 20.3 Å². The van der Waals surface area contributed by atoms with Crippen LogP contribution in [-0.4, -0.2) is 19.8 Å². The third kappa shape index (κ3) is 2.80. The summed E-state index contributed by atoms with van der Waals surface area (Å²) in [4.78, 5) is 0.765. The van der Waals surface area contributed by atoms with E-state index in [0.717, 1.165) is 26.9 Å². The largest absolute Gasteiger partial charge is 0.234 e. The van der Waals surface area contributed by atoms with Crippen LogP contribution in [0.15, 0.2) is 42.5 Å². The molecule has 6 heteroatoms. The first-order valence-corrected chi connectivity index (χ1v) is 8.44. The Morgan fingerprint density at radius 3 is 2.42 bits per heavy atom. The predicted octanol–water partition coefficient (Wildman–Crippen LogP) is 4.20. The Bertz CT molecular complexity index is 997. The molecular formula is C18H15FN4S. The Hall–Kier alpha value is -2.60. The van der Waals surface area contributed by atoms with Crippen molar-refractivity contribution < 1.29 is 4.39 Å². The van der Waals surface area contributed by atoms with Crippen molar-refractivity contribution in [3.05, 3.63) is 70.0 Å². The van der Waals surface area contributed by atoms with Crippen LogP contribution in [0.1, 0.15) is 21.7 Å². The van der Waals surface area contributed by atoms with Crippen LogP contribution >= 0.6 is 11.3 Å². The van der Waals surface area contributed by atoms with E-state index in [0.29, 0.717) is 6.42 Å². The second-order valence-corrected chi connectivity index (χ2v) is 6.93. The van der Waals surface area contributed by atoms with E-state index < -0.39 is 0 Å². The van der Waals surface area contributed by atoms with Crippen molar-refractivity contribution in [1.29, 1.82) is 0 Å². The van der Waals surface area contributed by atoms with E-state index in [4.69, 9.17) is 0 Å². The minimum atomic E-state index is -0.228. The van der Waals surface area contributed by atoms with Gasteiger partial charge in [-0.3, -0.25) is 0 Å². The Morgan fingerprint density at radius 1 is 1.00 bits per heavy atom. The molecule has 0 bridgehead atoms. The molecule has 0 N–H and O–H groups in total. The van der Waals surface area contributed by atoms with Gasteiger partial charge in [0, 0.05) is 12.0 Å². The standard InChI is InChI=1S/C18H15FN4S/c1-11-7-12(2)9-14(8-11)17-20-21-18-23(17)22-16(24-18)10-13-3-5-15(19)6-4-13/h3-9H,10H2,1-2H3. The molecule has 0 aliphatic rings. The summed E-state index contributed by atoms with van der Waals surface area (Å²) >= 11 is 1.50. The molecule has 2 aromatic carbocycles. The Morgan fingerprint density at radius 2 is 1.71 bits per heavy atom. The zero-order chi connectivity index (χ0) is 16.7. The van der Waals surface area contributed by atoms with Gasteiger partial charge in [-0.25, -0.2) is 4.39 Å². The van der Waals surface area contributed by atoms with Crippen LogP contribution in [0.4, 0.5) is 4.39 Å². The highest BCUT2D eigenvalue weighted by Crippen LogP contribution is 2.24. The lowest BCUT2D eigenvalue weighted by Crippen LogP contribution is -1.94. The lowest BCUT2D eigenvalue weighted by molar-refractivity contribution is 0.627. The van der Waals surface area contributed by atoms with Gasteiger partial charge in [-0.15, -0.1) is 10.2 Å². The molecule has 2 heterocycles. The summed E-state index contributed by atoms with van der Waals surface area (Å²) in [6.07, 6.45) is 0.653. The normalized spacial score (nSPS) is 11.3. The maximum Gasteiger partial charge on any atom is 0.234 e. The van der Waals surface area contributed by atoms with Crippen LogP contribution in [-0.2, 0) is 6.42 Å². The minimum Gasteiger partial charge on any atom is -0.207 e. The Labute approximate surface area is 142 Å². The van der Waals surface area contributed by atoms with Crippen molar-refractivity contribution in [2.75, 3.05) is 0 Å². The molecule has 0 saturated carbocycles. The predicted molar refractivity (Wildman–Crippen MR) is 92.8 cm³/mol. The van der Waals surface area contributed by atoms with Crippen LogP contribution in [0.2, 0.25) is 0 Å². The molecule has 4 rings (SSSR count).